The molecule has 4 rings (SSSR count). The van der Waals surface area contributed by atoms with Crippen LogP contribution >= 0.6 is 15.9 Å². The first-order valence-corrected chi connectivity index (χ1v) is 9.14. The highest BCUT2D eigenvalue weighted by Crippen LogP contribution is 2.66. The van der Waals surface area contributed by atoms with Crippen LogP contribution in [0.25, 0.3) is 0 Å². The van der Waals surface area contributed by atoms with Gasteiger partial charge in [0.15, 0.2) is 0 Å². The van der Waals surface area contributed by atoms with E-state index in [2.05, 4.69) is 15.9 Å². The number of nitrogens with zero attached hydrogens (tertiary/aromatic N) is 1. The molecule has 2 atom stereocenters. The van der Waals surface area contributed by atoms with Gasteiger partial charge < -0.3 is 0 Å². The zero-order valence-corrected chi connectivity index (χ0v) is 15.3. The number of fused-ring (bicyclic) bond motifs is 1. The van der Waals surface area contributed by atoms with Gasteiger partial charge in [-0.15, -0.1) is 0 Å². The van der Waals surface area contributed by atoms with Crippen molar-refractivity contribution in [2.75, 3.05) is 0 Å². The Balaban J connectivity index is 1.65. The number of benzene rings is 2. The minimum atomic E-state index is -0.564. The van der Waals surface area contributed by atoms with E-state index in [-0.39, 0.29) is 29.5 Å². The fourth-order valence-electron chi connectivity index (χ4n) is 4.36. The zero-order chi connectivity index (χ0) is 17.8. The van der Waals surface area contributed by atoms with Crippen LogP contribution in [-0.4, -0.2) is 16.7 Å². The number of carbonyl (C=O) groups is 2. The number of carbonyl (C=O) groups excluding carboxylic acids is 2. The van der Waals surface area contributed by atoms with Crippen molar-refractivity contribution in [2.24, 2.45) is 11.8 Å². The summed E-state index contributed by atoms with van der Waals surface area (Å²) < 4.78 is 14.5. The number of imide groups is 1. The molecule has 2 aromatic rings. The molecule has 128 valence electrons. The second-order valence-electron chi connectivity index (χ2n) is 6.76. The molecule has 2 aromatic carbocycles. The van der Waals surface area contributed by atoms with E-state index in [4.69, 9.17) is 0 Å². The molecule has 25 heavy (non-hydrogen) atoms. The number of piperidine rings is 1. The van der Waals surface area contributed by atoms with E-state index >= 15 is 0 Å². The lowest BCUT2D eigenvalue weighted by atomic mass is 9.87. The van der Waals surface area contributed by atoms with Crippen LogP contribution in [0.3, 0.4) is 0 Å². The number of amides is 2. The van der Waals surface area contributed by atoms with E-state index < -0.39 is 5.41 Å². The van der Waals surface area contributed by atoms with Crippen LogP contribution in [0.1, 0.15) is 24.5 Å². The van der Waals surface area contributed by atoms with Gasteiger partial charge in [-0.1, -0.05) is 53.2 Å². The first-order chi connectivity index (χ1) is 12.0. The maximum Gasteiger partial charge on any atom is 0.234 e. The summed E-state index contributed by atoms with van der Waals surface area (Å²) in [5, 5.41) is 0. The standard InChI is InChI=1S/C20H17BrFNO2/c1-2-20(13-8-14(21)10-15(22)9-13)16-17(20)19(25)23(18(16)24)11-12-6-4-3-5-7-12/h3-10,16-17H,2,11H2,1H3. The SMILES string of the molecule is CCC1(c2cc(F)cc(Br)c2)C2C(=O)N(Cc3ccccc3)C(=O)C21. The molecule has 1 saturated heterocycles. The Morgan fingerprint density at radius 1 is 1.08 bits per heavy atom. The lowest BCUT2D eigenvalue weighted by Crippen LogP contribution is -2.38. The van der Waals surface area contributed by atoms with Crippen molar-refractivity contribution >= 4 is 27.7 Å². The Morgan fingerprint density at radius 3 is 2.28 bits per heavy atom. The van der Waals surface area contributed by atoms with Crippen LogP contribution in [0.15, 0.2) is 53.0 Å². The molecule has 1 heterocycles. The van der Waals surface area contributed by atoms with E-state index in [0.29, 0.717) is 17.4 Å². The van der Waals surface area contributed by atoms with Gasteiger partial charge in [0.25, 0.3) is 0 Å². The molecule has 1 aliphatic heterocycles. The monoisotopic (exact) mass is 401 g/mol. The van der Waals surface area contributed by atoms with Gasteiger partial charge in [-0.05, 0) is 35.7 Å². The van der Waals surface area contributed by atoms with Crippen LogP contribution in [0.5, 0.6) is 0 Å². The molecule has 0 aromatic heterocycles. The van der Waals surface area contributed by atoms with E-state index in [9.17, 15) is 14.0 Å². The number of halogens is 2. The molecule has 0 spiro atoms. The van der Waals surface area contributed by atoms with Crippen molar-refractivity contribution in [1.82, 2.24) is 4.90 Å². The number of likely N-dealkylation sites (tertiary alicyclic amines) is 1. The molecule has 1 saturated carbocycles. The fourth-order valence-corrected chi connectivity index (χ4v) is 4.82. The van der Waals surface area contributed by atoms with Gasteiger partial charge in [-0.25, -0.2) is 4.39 Å². The van der Waals surface area contributed by atoms with Crippen LogP contribution in [0, 0.1) is 17.7 Å². The Morgan fingerprint density at radius 2 is 1.72 bits per heavy atom. The summed E-state index contributed by atoms with van der Waals surface area (Å²) in [6, 6.07) is 14.2. The molecule has 2 amide bonds. The summed E-state index contributed by atoms with van der Waals surface area (Å²) in [7, 11) is 0. The molecule has 5 heteroatoms. The van der Waals surface area contributed by atoms with Crippen molar-refractivity contribution in [3.05, 3.63) is 69.9 Å². The summed E-state index contributed by atoms with van der Waals surface area (Å²) in [4.78, 5) is 27.1. The highest BCUT2D eigenvalue weighted by Gasteiger charge is 2.76. The summed E-state index contributed by atoms with van der Waals surface area (Å²) in [5.74, 6) is -1.38. The normalized spacial score (nSPS) is 27.6. The van der Waals surface area contributed by atoms with Crippen molar-refractivity contribution in [2.45, 2.75) is 25.3 Å². The lowest BCUT2D eigenvalue weighted by Gasteiger charge is -2.25. The van der Waals surface area contributed by atoms with Crippen LogP contribution in [0.4, 0.5) is 4.39 Å². The van der Waals surface area contributed by atoms with Crippen LogP contribution in [0.2, 0.25) is 0 Å². The number of hydrogen-bond donors (Lipinski definition) is 0. The molecular formula is C20H17BrFNO2. The van der Waals surface area contributed by atoms with E-state index in [1.807, 2.05) is 43.3 Å². The zero-order valence-electron chi connectivity index (χ0n) is 13.7. The molecule has 0 bridgehead atoms. The average molecular weight is 402 g/mol. The van der Waals surface area contributed by atoms with Gasteiger partial charge in [0.2, 0.25) is 11.8 Å². The Labute approximate surface area is 154 Å². The lowest BCUT2D eigenvalue weighted by molar-refractivity contribution is -0.143. The van der Waals surface area contributed by atoms with Crippen molar-refractivity contribution in [3.63, 3.8) is 0 Å². The summed E-state index contributed by atoms with van der Waals surface area (Å²) >= 11 is 3.31. The maximum atomic E-state index is 13.8. The predicted octanol–water partition coefficient (Wildman–Crippen LogP) is 4.05. The third kappa shape index (κ3) is 2.36. The second-order valence-corrected chi connectivity index (χ2v) is 7.67. The fraction of sp³-hybridized carbons (Fsp3) is 0.300. The van der Waals surface area contributed by atoms with E-state index in [1.54, 1.807) is 0 Å². The number of hydrogen-bond acceptors (Lipinski definition) is 2. The molecular weight excluding hydrogens is 385 g/mol. The third-order valence-electron chi connectivity index (χ3n) is 5.57. The topological polar surface area (TPSA) is 37.4 Å². The molecule has 3 nitrogen and oxygen atoms in total. The molecule has 1 aliphatic carbocycles. The summed E-state index contributed by atoms with van der Waals surface area (Å²) in [6.45, 7) is 2.26. The summed E-state index contributed by atoms with van der Waals surface area (Å²) in [6.07, 6.45) is 0.634. The van der Waals surface area contributed by atoms with E-state index in [0.717, 1.165) is 11.1 Å². The second kappa shape index (κ2) is 5.77. The third-order valence-corrected chi connectivity index (χ3v) is 6.02. The van der Waals surface area contributed by atoms with Gasteiger partial charge in [-0.3, -0.25) is 14.5 Å². The minimum absolute atomic E-state index is 0.138. The molecule has 2 fully saturated rings. The number of rotatable bonds is 4. The van der Waals surface area contributed by atoms with Crippen LogP contribution < -0.4 is 0 Å². The molecule has 0 N–H and O–H groups in total. The van der Waals surface area contributed by atoms with Crippen molar-refractivity contribution in [3.8, 4) is 0 Å². The van der Waals surface area contributed by atoms with Gasteiger partial charge in [-0.2, -0.15) is 0 Å². The highest BCUT2D eigenvalue weighted by atomic mass is 79.9. The maximum absolute atomic E-state index is 13.8. The summed E-state index contributed by atoms with van der Waals surface area (Å²) in [5.41, 5.74) is 1.10. The van der Waals surface area contributed by atoms with E-state index in [1.165, 1.54) is 17.0 Å². The minimum Gasteiger partial charge on any atom is -0.278 e. The Bertz CT molecular complexity index is 825. The predicted molar refractivity (Wildman–Crippen MR) is 95.0 cm³/mol. The van der Waals surface area contributed by atoms with Gasteiger partial charge >= 0.3 is 0 Å². The Hall–Kier alpha value is -2.01. The van der Waals surface area contributed by atoms with Gasteiger partial charge in [0.1, 0.15) is 5.82 Å². The first kappa shape index (κ1) is 16.5. The van der Waals surface area contributed by atoms with Crippen molar-refractivity contribution in [1.29, 1.82) is 0 Å². The first-order valence-electron chi connectivity index (χ1n) is 8.34. The average Bonchev–Trinajstić information content (AvgIpc) is 3.22. The highest BCUT2D eigenvalue weighted by molar-refractivity contribution is 9.10. The molecule has 2 unspecified atom stereocenters. The van der Waals surface area contributed by atoms with Gasteiger partial charge in [0, 0.05) is 9.89 Å². The van der Waals surface area contributed by atoms with Crippen molar-refractivity contribution < 1.29 is 14.0 Å². The largest absolute Gasteiger partial charge is 0.278 e. The van der Waals surface area contributed by atoms with Gasteiger partial charge in [0.05, 0.1) is 18.4 Å². The van der Waals surface area contributed by atoms with Crippen LogP contribution in [-0.2, 0) is 21.5 Å². The molecule has 0 radical (unpaired) electrons. The Kier molecular flexibility index (Phi) is 3.80. The quantitative estimate of drug-likeness (QED) is 0.724. The smallest absolute Gasteiger partial charge is 0.234 e. The molecule has 2 aliphatic rings.